The Bertz CT molecular complexity index is 392. The molecule has 2 aromatic carbocycles. The fraction of sp³-hybridized carbons (Fsp3) is 0.0769. The molecule has 69 valence electrons. The van der Waals surface area contributed by atoms with Crippen molar-refractivity contribution in [3.05, 3.63) is 59.7 Å². The molecule has 0 saturated carbocycles. The Kier molecular flexibility index (Phi) is 2.86. The summed E-state index contributed by atoms with van der Waals surface area (Å²) in [7, 11) is 0. The first-order chi connectivity index (χ1) is 6.93. The number of fused-ring (bicyclic) bond motifs is 2. The molecular formula is C13H10LiO. The maximum absolute atomic E-state index is 5.78. The molecule has 1 aliphatic heterocycles. The molecular weight excluding hydrogens is 179 g/mol. The summed E-state index contributed by atoms with van der Waals surface area (Å²) in [5, 5.41) is 0. The molecule has 0 fully saturated rings. The predicted octanol–water partition coefficient (Wildman–Crippen LogP) is 3.00. The van der Waals surface area contributed by atoms with Crippen LogP contribution in [-0.4, -0.2) is 18.9 Å². The Hall–Kier alpha value is -1.16. The van der Waals surface area contributed by atoms with Crippen LogP contribution >= 0.6 is 0 Å². The SMILES string of the molecule is [Li].c1ccc2c(c1)Cc1ccccc1O2. The molecule has 0 saturated heterocycles. The van der Waals surface area contributed by atoms with E-state index in [0.717, 1.165) is 17.9 Å². The Morgan fingerprint density at radius 3 is 1.73 bits per heavy atom. The van der Waals surface area contributed by atoms with E-state index in [-0.39, 0.29) is 18.9 Å². The van der Waals surface area contributed by atoms with E-state index in [1.54, 1.807) is 0 Å². The molecule has 1 heterocycles. The van der Waals surface area contributed by atoms with Crippen LogP contribution in [0.2, 0.25) is 0 Å². The van der Waals surface area contributed by atoms with E-state index < -0.39 is 0 Å². The molecule has 15 heavy (non-hydrogen) atoms. The van der Waals surface area contributed by atoms with Gasteiger partial charge in [-0.05, 0) is 23.3 Å². The van der Waals surface area contributed by atoms with Gasteiger partial charge in [0.15, 0.2) is 0 Å². The summed E-state index contributed by atoms with van der Waals surface area (Å²) in [6.45, 7) is 0. The fourth-order valence-corrected chi connectivity index (χ4v) is 1.82. The minimum absolute atomic E-state index is 0. The number of ether oxygens (including phenoxy) is 1. The zero-order chi connectivity index (χ0) is 9.38. The van der Waals surface area contributed by atoms with E-state index in [9.17, 15) is 0 Å². The number of benzene rings is 2. The first-order valence-electron chi connectivity index (χ1n) is 4.77. The van der Waals surface area contributed by atoms with Gasteiger partial charge in [-0.2, -0.15) is 0 Å². The summed E-state index contributed by atoms with van der Waals surface area (Å²) in [6.07, 6.45) is 0.979. The number of hydrogen-bond donors (Lipinski definition) is 0. The van der Waals surface area contributed by atoms with Crippen LogP contribution in [0.5, 0.6) is 11.5 Å². The normalized spacial score (nSPS) is 11.7. The molecule has 1 nitrogen and oxygen atoms in total. The Morgan fingerprint density at radius 1 is 0.733 bits per heavy atom. The number of para-hydroxylation sites is 2. The van der Waals surface area contributed by atoms with Crippen LogP contribution in [0.15, 0.2) is 48.5 Å². The van der Waals surface area contributed by atoms with Crippen LogP contribution in [0.1, 0.15) is 11.1 Å². The molecule has 0 aromatic heterocycles. The van der Waals surface area contributed by atoms with Crippen molar-refractivity contribution in [2.45, 2.75) is 6.42 Å². The van der Waals surface area contributed by atoms with E-state index in [0.29, 0.717) is 0 Å². The second-order valence-electron chi connectivity index (χ2n) is 3.49. The summed E-state index contributed by atoms with van der Waals surface area (Å²) in [5.41, 5.74) is 2.54. The molecule has 0 bridgehead atoms. The zero-order valence-electron chi connectivity index (χ0n) is 8.73. The van der Waals surface area contributed by atoms with Crippen LogP contribution in [-0.2, 0) is 6.42 Å². The van der Waals surface area contributed by atoms with Crippen LogP contribution in [0.3, 0.4) is 0 Å². The topological polar surface area (TPSA) is 9.23 Å². The van der Waals surface area contributed by atoms with E-state index in [1.807, 2.05) is 24.3 Å². The molecule has 0 N–H and O–H groups in total. The number of hydrogen-bond acceptors (Lipinski definition) is 1. The minimum atomic E-state index is 0. The standard InChI is InChI=1S/C13H10O.Li/c1-3-7-12-10(5-1)9-11-6-2-4-8-13(11)14-12;/h1-8H,9H2;. The van der Waals surface area contributed by atoms with Gasteiger partial charge in [0, 0.05) is 25.3 Å². The van der Waals surface area contributed by atoms with Crippen LogP contribution in [0.4, 0.5) is 0 Å². The molecule has 2 aromatic rings. The monoisotopic (exact) mass is 189 g/mol. The van der Waals surface area contributed by atoms with Gasteiger partial charge >= 0.3 is 0 Å². The van der Waals surface area contributed by atoms with Crippen LogP contribution in [0, 0.1) is 0 Å². The molecule has 0 spiro atoms. The molecule has 2 heteroatoms. The Balaban J connectivity index is 0.000000853. The maximum Gasteiger partial charge on any atom is 0.130 e. The second-order valence-corrected chi connectivity index (χ2v) is 3.49. The van der Waals surface area contributed by atoms with Crippen LogP contribution < -0.4 is 4.74 Å². The first kappa shape index (κ1) is 10.4. The quantitative estimate of drug-likeness (QED) is 0.494. The van der Waals surface area contributed by atoms with E-state index in [1.165, 1.54) is 11.1 Å². The van der Waals surface area contributed by atoms with E-state index in [4.69, 9.17) is 4.74 Å². The summed E-state index contributed by atoms with van der Waals surface area (Å²) in [4.78, 5) is 0. The summed E-state index contributed by atoms with van der Waals surface area (Å²) >= 11 is 0. The molecule has 0 amide bonds. The Labute approximate surface area is 101 Å². The molecule has 1 aliphatic rings. The van der Waals surface area contributed by atoms with Crippen molar-refractivity contribution in [2.75, 3.05) is 0 Å². The maximum atomic E-state index is 5.78. The Morgan fingerprint density at radius 2 is 1.20 bits per heavy atom. The van der Waals surface area contributed by atoms with Gasteiger partial charge < -0.3 is 4.74 Å². The number of rotatable bonds is 0. The summed E-state index contributed by atoms with van der Waals surface area (Å²) in [6, 6.07) is 16.4. The van der Waals surface area contributed by atoms with Gasteiger partial charge in [0.1, 0.15) is 11.5 Å². The largest absolute Gasteiger partial charge is 0.457 e. The minimum Gasteiger partial charge on any atom is -0.457 e. The van der Waals surface area contributed by atoms with E-state index >= 15 is 0 Å². The summed E-state index contributed by atoms with van der Waals surface area (Å²) < 4.78 is 5.78. The van der Waals surface area contributed by atoms with Crippen molar-refractivity contribution in [3.8, 4) is 11.5 Å². The smallest absolute Gasteiger partial charge is 0.130 e. The van der Waals surface area contributed by atoms with Crippen molar-refractivity contribution in [1.29, 1.82) is 0 Å². The van der Waals surface area contributed by atoms with Gasteiger partial charge in [0.25, 0.3) is 0 Å². The van der Waals surface area contributed by atoms with Crippen LogP contribution in [0.25, 0.3) is 0 Å². The average molecular weight is 189 g/mol. The predicted molar refractivity (Wildman–Crippen MR) is 61.5 cm³/mol. The third kappa shape index (κ3) is 1.81. The average Bonchev–Trinajstić information content (AvgIpc) is 2.26. The third-order valence-electron chi connectivity index (χ3n) is 2.55. The van der Waals surface area contributed by atoms with Gasteiger partial charge in [-0.1, -0.05) is 36.4 Å². The van der Waals surface area contributed by atoms with Gasteiger partial charge in [0.2, 0.25) is 0 Å². The molecule has 1 radical (unpaired) electrons. The van der Waals surface area contributed by atoms with E-state index in [2.05, 4.69) is 24.3 Å². The molecule has 0 aliphatic carbocycles. The van der Waals surface area contributed by atoms with Crippen molar-refractivity contribution in [2.24, 2.45) is 0 Å². The third-order valence-corrected chi connectivity index (χ3v) is 2.55. The van der Waals surface area contributed by atoms with Gasteiger partial charge in [-0.25, -0.2) is 0 Å². The molecule has 0 atom stereocenters. The van der Waals surface area contributed by atoms with Crippen molar-refractivity contribution >= 4 is 18.9 Å². The van der Waals surface area contributed by atoms with Gasteiger partial charge in [0.05, 0.1) is 0 Å². The second kappa shape index (κ2) is 4.14. The van der Waals surface area contributed by atoms with Crippen molar-refractivity contribution < 1.29 is 4.74 Å². The first-order valence-corrected chi connectivity index (χ1v) is 4.77. The fourth-order valence-electron chi connectivity index (χ4n) is 1.82. The van der Waals surface area contributed by atoms with Gasteiger partial charge in [-0.3, -0.25) is 0 Å². The van der Waals surface area contributed by atoms with Crippen molar-refractivity contribution in [3.63, 3.8) is 0 Å². The molecule has 3 rings (SSSR count). The van der Waals surface area contributed by atoms with Crippen molar-refractivity contribution in [1.82, 2.24) is 0 Å². The zero-order valence-corrected chi connectivity index (χ0v) is 8.73. The summed E-state index contributed by atoms with van der Waals surface area (Å²) in [5.74, 6) is 1.98. The van der Waals surface area contributed by atoms with Gasteiger partial charge in [-0.15, -0.1) is 0 Å². The molecule has 0 unspecified atom stereocenters.